The Balaban J connectivity index is 2.15. The summed E-state index contributed by atoms with van der Waals surface area (Å²) in [5.41, 5.74) is 8.56. The number of nitrogens with one attached hydrogen (secondary N) is 1. The van der Waals surface area contributed by atoms with E-state index < -0.39 is 0 Å². The second kappa shape index (κ2) is 5.54. The molecule has 98 valence electrons. The van der Waals surface area contributed by atoms with Gasteiger partial charge in [0.1, 0.15) is 5.75 Å². The molecule has 4 nitrogen and oxygen atoms in total. The van der Waals surface area contributed by atoms with Crippen molar-refractivity contribution in [1.82, 2.24) is 0 Å². The summed E-state index contributed by atoms with van der Waals surface area (Å²) in [5, 5.41) is 12.1. The van der Waals surface area contributed by atoms with Crippen LogP contribution in [-0.4, -0.2) is 11.0 Å². The maximum absolute atomic E-state index is 12.0. The Bertz CT molecular complexity index is 592. The summed E-state index contributed by atoms with van der Waals surface area (Å²) in [7, 11) is 0. The van der Waals surface area contributed by atoms with Gasteiger partial charge in [0.15, 0.2) is 0 Å². The summed E-state index contributed by atoms with van der Waals surface area (Å²) in [4.78, 5) is 12.0. The Kier molecular flexibility index (Phi) is 3.82. The number of carbonyl (C=O) groups excluding carboxylic acids is 1. The Labute approximate surface area is 111 Å². The van der Waals surface area contributed by atoms with Gasteiger partial charge in [-0.05, 0) is 48.4 Å². The maximum Gasteiger partial charge on any atom is 0.255 e. The molecule has 0 saturated carbocycles. The van der Waals surface area contributed by atoms with Crippen LogP contribution >= 0.6 is 0 Å². The molecule has 0 aliphatic heterocycles. The van der Waals surface area contributed by atoms with Crippen LogP contribution in [-0.2, 0) is 6.54 Å². The molecule has 0 fully saturated rings. The van der Waals surface area contributed by atoms with E-state index in [-0.39, 0.29) is 11.7 Å². The number of phenolic OH excluding ortho intramolecular Hbond substituents is 1. The second-order valence-corrected chi connectivity index (χ2v) is 4.35. The van der Waals surface area contributed by atoms with Crippen LogP contribution in [0.4, 0.5) is 5.69 Å². The summed E-state index contributed by atoms with van der Waals surface area (Å²) < 4.78 is 0. The summed E-state index contributed by atoms with van der Waals surface area (Å²) in [5.74, 6) is 0.000147. The largest absolute Gasteiger partial charge is 0.508 e. The quantitative estimate of drug-likeness (QED) is 0.738. The molecular weight excluding hydrogens is 240 g/mol. The van der Waals surface area contributed by atoms with Crippen LogP contribution in [0.5, 0.6) is 5.75 Å². The van der Waals surface area contributed by atoms with E-state index >= 15 is 0 Å². The van der Waals surface area contributed by atoms with E-state index in [1.54, 1.807) is 30.3 Å². The maximum atomic E-state index is 12.0. The molecule has 4 heteroatoms. The third kappa shape index (κ3) is 3.11. The molecule has 1 amide bonds. The highest BCUT2D eigenvalue weighted by atomic mass is 16.3. The summed E-state index contributed by atoms with van der Waals surface area (Å²) in [6.07, 6.45) is 0. The lowest BCUT2D eigenvalue weighted by atomic mass is 10.1. The first kappa shape index (κ1) is 13.1. The van der Waals surface area contributed by atoms with Crippen LogP contribution < -0.4 is 11.1 Å². The Morgan fingerprint density at radius 1 is 1.21 bits per heavy atom. The van der Waals surface area contributed by atoms with Crippen molar-refractivity contribution >= 4 is 11.6 Å². The van der Waals surface area contributed by atoms with Crippen LogP contribution in [0, 0.1) is 6.92 Å². The first-order valence-electron chi connectivity index (χ1n) is 6.00. The van der Waals surface area contributed by atoms with Crippen molar-refractivity contribution in [2.24, 2.45) is 5.73 Å². The van der Waals surface area contributed by atoms with E-state index in [9.17, 15) is 9.90 Å². The minimum atomic E-state index is -0.183. The molecule has 0 aliphatic carbocycles. The van der Waals surface area contributed by atoms with Gasteiger partial charge in [-0.25, -0.2) is 0 Å². The van der Waals surface area contributed by atoms with Crippen LogP contribution in [0.2, 0.25) is 0 Å². The predicted molar refractivity (Wildman–Crippen MR) is 75.1 cm³/mol. The van der Waals surface area contributed by atoms with Gasteiger partial charge in [0, 0.05) is 17.8 Å². The zero-order valence-corrected chi connectivity index (χ0v) is 10.7. The van der Waals surface area contributed by atoms with Crippen molar-refractivity contribution in [1.29, 1.82) is 0 Å². The fourth-order valence-electron chi connectivity index (χ4n) is 1.77. The van der Waals surface area contributed by atoms with Crippen LogP contribution in [0.25, 0.3) is 0 Å². The van der Waals surface area contributed by atoms with Gasteiger partial charge < -0.3 is 16.2 Å². The number of benzene rings is 2. The third-order valence-corrected chi connectivity index (χ3v) is 2.91. The van der Waals surface area contributed by atoms with E-state index in [0.29, 0.717) is 17.8 Å². The molecule has 2 rings (SSSR count). The molecule has 2 aromatic rings. The van der Waals surface area contributed by atoms with Gasteiger partial charge >= 0.3 is 0 Å². The zero-order valence-electron chi connectivity index (χ0n) is 10.7. The van der Waals surface area contributed by atoms with Gasteiger partial charge in [-0.2, -0.15) is 0 Å². The van der Waals surface area contributed by atoms with Gasteiger partial charge in [-0.1, -0.05) is 12.1 Å². The number of aryl methyl sites for hydroxylation is 1. The molecule has 4 N–H and O–H groups in total. The SMILES string of the molecule is Cc1cc(O)ccc1NC(=O)c1ccc(CN)cc1. The Hall–Kier alpha value is -2.33. The fraction of sp³-hybridized carbons (Fsp3) is 0.133. The van der Waals surface area contributed by atoms with Crippen molar-refractivity contribution < 1.29 is 9.90 Å². The molecule has 0 atom stereocenters. The topological polar surface area (TPSA) is 75.3 Å². The van der Waals surface area contributed by atoms with E-state index in [0.717, 1.165) is 11.1 Å². The smallest absolute Gasteiger partial charge is 0.255 e. The van der Waals surface area contributed by atoms with E-state index in [2.05, 4.69) is 5.32 Å². The van der Waals surface area contributed by atoms with Gasteiger partial charge in [0.05, 0.1) is 0 Å². The van der Waals surface area contributed by atoms with E-state index in [1.807, 2.05) is 19.1 Å². The summed E-state index contributed by atoms with van der Waals surface area (Å²) >= 11 is 0. The summed E-state index contributed by atoms with van der Waals surface area (Å²) in [6.45, 7) is 2.28. The lowest BCUT2D eigenvalue weighted by Gasteiger charge is -2.09. The normalized spacial score (nSPS) is 10.2. The van der Waals surface area contributed by atoms with Gasteiger partial charge in [-0.15, -0.1) is 0 Å². The Morgan fingerprint density at radius 3 is 2.47 bits per heavy atom. The number of anilines is 1. The number of nitrogens with two attached hydrogens (primary N) is 1. The van der Waals surface area contributed by atoms with Crippen molar-refractivity contribution in [3.63, 3.8) is 0 Å². The van der Waals surface area contributed by atoms with Gasteiger partial charge in [0.2, 0.25) is 0 Å². The molecule has 0 radical (unpaired) electrons. The molecular formula is C15H16N2O2. The minimum absolute atomic E-state index is 0.183. The first-order chi connectivity index (χ1) is 9.10. The lowest BCUT2D eigenvalue weighted by molar-refractivity contribution is 0.102. The predicted octanol–water partition coefficient (Wildman–Crippen LogP) is 2.41. The van der Waals surface area contributed by atoms with Crippen LogP contribution in [0.3, 0.4) is 0 Å². The Morgan fingerprint density at radius 2 is 1.89 bits per heavy atom. The number of hydrogen-bond acceptors (Lipinski definition) is 3. The van der Waals surface area contributed by atoms with E-state index in [1.165, 1.54) is 0 Å². The van der Waals surface area contributed by atoms with E-state index in [4.69, 9.17) is 5.73 Å². The monoisotopic (exact) mass is 256 g/mol. The second-order valence-electron chi connectivity index (χ2n) is 4.35. The number of phenols is 1. The highest BCUT2D eigenvalue weighted by Crippen LogP contribution is 2.20. The number of hydrogen-bond donors (Lipinski definition) is 3. The highest BCUT2D eigenvalue weighted by molar-refractivity contribution is 6.04. The van der Waals surface area contributed by atoms with Crippen LogP contribution in [0.1, 0.15) is 21.5 Å². The molecule has 0 unspecified atom stereocenters. The minimum Gasteiger partial charge on any atom is -0.508 e. The molecule has 0 heterocycles. The third-order valence-electron chi connectivity index (χ3n) is 2.91. The summed E-state index contributed by atoms with van der Waals surface area (Å²) in [6, 6.07) is 12.0. The number of aromatic hydroxyl groups is 1. The standard InChI is InChI=1S/C15H16N2O2/c1-10-8-13(18)6-7-14(10)17-15(19)12-4-2-11(9-16)3-5-12/h2-8,18H,9,16H2,1H3,(H,17,19). The number of amides is 1. The molecule has 2 aromatic carbocycles. The van der Waals surface area contributed by atoms with Crippen molar-refractivity contribution in [2.75, 3.05) is 5.32 Å². The number of rotatable bonds is 3. The number of carbonyl (C=O) groups is 1. The fourth-order valence-corrected chi connectivity index (χ4v) is 1.77. The molecule has 0 spiro atoms. The van der Waals surface area contributed by atoms with Crippen LogP contribution in [0.15, 0.2) is 42.5 Å². The van der Waals surface area contributed by atoms with Gasteiger partial charge in [-0.3, -0.25) is 4.79 Å². The molecule has 0 aromatic heterocycles. The van der Waals surface area contributed by atoms with Crippen molar-refractivity contribution in [3.8, 4) is 5.75 Å². The van der Waals surface area contributed by atoms with Crippen molar-refractivity contribution in [2.45, 2.75) is 13.5 Å². The molecule has 0 saturated heterocycles. The molecule has 19 heavy (non-hydrogen) atoms. The average Bonchev–Trinajstić information content (AvgIpc) is 2.42. The van der Waals surface area contributed by atoms with Gasteiger partial charge in [0.25, 0.3) is 5.91 Å². The highest BCUT2D eigenvalue weighted by Gasteiger charge is 2.07. The zero-order chi connectivity index (χ0) is 13.8. The molecule has 0 bridgehead atoms. The first-order valence-corrected chi connectivity index (χ1v) is 6.00. The average molecular weight is 256 g/mol. The molecule has 0 aliphatic rings. The lowest BCUT2D eigenvalue weighted by Crippen LogP contribution is -2.12. The van der Waals surface area contributed by atoms with Crippen molar-refractivity contribution in [3.05, 3.63) is 59.2 Å².